The number of allylic oxidation sites excluding steroid dienone is 2. The summed E-state index contributed by atoms with van der Waals surface area (Å²) in [5.41, 5.74) is -2.12. The minimum Gasteiger partial charge on any atom is -0.372 e. The number of hydrogen-bond acceptors (Lipinski definition) is 4. The first-order valence-corrected chi connectivity index (χ1v) is 13.4. The molecule has 2 fully saturated rings. The number of rotatable bonds is 7. The largest absolute Gasteiger partial charge is 0.416 e. The molecular weight excluding hydrogens is 536 g/mol. The molecule has 0 bridgehead atoms. The van der Waals surface area contributed by atoms with Crippen LogP contribution in [-0.4, -0.2) is 54.7 Å². The predicted octanol–water partition coefficient (Wildman–Crippen LogP) is 5.49. The predicted molar refractivity (Wildman–Crippen MR) is 136 cm³/mol. The minimum atomic E-state index is -5.00. The Labute approximate surface area is 228 Å². The van der Waals surface area contributed by atoms with Crippen LogP contribution >= 0.6 is 0 Å². The zero-order chi connectivity index (χ0) is 28.9. The molecule has 216 valence electrons. The fourth-order valence-corrected chi connectivity index (χ4v) is 6.08. The lowest BCUT2D eigenvalue weighted by Crippen LogP contribution is -2.46. The standard InChI is InChI=1S/C29H31F6N3O2/c1-37-14-20-3-2-4-21(25(20)24(39)16-37)15-38(26(40)27(7-8-36-17-27)12-18-5-6-18)13-19-9-22(28(30,31)32)11-23(10-19)29(33,34)35/h2,4,9-11,14,18,36H,3,5-8,12-13,15-17H2,1H3. The molecule has 0 radical (unpaired) electrons. The first-order chi connectivity index (χ1) is 18.7. The monoisotopic (exact) mass is 567 g/mol. The van der Waals surface area contributed by atoms with Crippen LogP contribution in [0.2, 0.25) is 0 Å². The molecule has 1 saturated heterocycles. The van der Waals surface area contributed by atoms with Gasteiger partial charge < -0.3 is 15.1 Å². The Morgan fingerprint density at radius 1 is 1.07 bits per heavy atom. The molecule has 2 aliphatic carbocycles. The molecule has 11 heteroatoms. The van der Waals surface area contributed by atoms with Crippen LogP contribution in [-0.2, 0) is 28.5 Å². The normalized spacial score (nSPS) is 23.4. The molecule has 0 spiro atoms. The number of carbonyl (C=O) groups is 2. The minimum absolute atomic E-state index is 0.0911. The number of halogens is 6. The molecule has 40 heavy (non-hydrogen) atoms. The topological polar surface area (TPSA) is 52.6 Å². The molecule has 2 aliphatic heterocycles. The average Bonchev–Trinajstić information content (AvgIpc) is 3.54. The fourth-order valence-electron chi connectivity index (χ4n) is 6.08. The van der Waals surface area contributed by atoms with Crippen molar-refractivity contribution in [3.05, 3.63) is 70.0 Å². The van der Waals surface area contributed by atoms with Gasteiger partial charge in [0.25, 0.3) is 0 Å². The summed E-state index contributed by atoms with van der Waals surface area (Å²) in [5.74, 6) is -0.0774. The third-order valence-corrected chi connectivity index (χ3v) is 8.09. The van der Waals surface area contributed by atoms with E-state index in [-0.39, 0.29) is 36.4 Å². The van der Waals surface area contributed by atoms with Gasteiger partial charge in [-0.05, 0) is 66.6 Å². The number of alkyl halides is 6. The molecule has 1 atom stereocenters. The van der Waals surface area contributed by atoms with E-state index < -0.39 is 35.4 Å². The third-order valence-electron chi connectivity index (χ3n) is 8.09. The number of likely N-dealkylation sites (N-methyl/N-ethyl adjacent to an activating group) is 1. The Hall–Kier alpha value is -3.08. The zero-order valence-corrected chi connectivity index (χ0v) is 22.1. The zero-order valence-electron chi connectivity index (χ0n) is 22.1. The molecule has 2 heterocycles. The van der Waals surface area contributed by atoms with Crippen molar-refractivity contribution < 1.29 is 35.9 Å². The summed E-state index contributed by atoms with van der Waals surface area (Å²) in [5, 5.41) is 3.23. The lowest BCUT2D eigenvalue weighted by atomic mass is 9.79. The van der Waals surface area contributed by atoms with Crippen molar-refractivity contribution in [3.8, 4) is 0 Å². The van der Waals surface area contributed by atoms with Gasteiger partial charge in [-0.3, -0.25) is 9.59 Å². The molecule has 0 aromatic heterocycles. The van der Waals surface area contributed by atoms with E-state index in [4.69, 9.17) is 0 Å². The van der Waals surface area contributed by atoms with Crippen LogP contribution in [0.1, 0.15) is 48.8 Å². The van der Waals surface area contributed by atoms with Crippen LogP contribution < -0.4 is 5.32 Å². The Morgan fingerprint density at radius 3 is 2.33 bits per heavy atom. The smallest absolute Gasteiger partial charge is 0.372 e. The average molecular weight is 568 g/mol. The molecule has 1 N–H and O–H groups in total. The quantitative estimate of drug-likeness (QED) is 0.443. The molecule has 5 rings (SSSR count). The molecule has 1 amide bonds. The Bertz CT molecular complexity index is 1250. The van der Waals surface area contributed by atoms with Crippen molar-refractivity contribution in [1.29, 1.82) is 0 Å². The molecule has 5 nitrogen and oxygen atoms in total. The van der Waals surface area contributed by atoms with Crippen molar-refractivity contribution in [2.24, 2.45) is 11.3 Å². The fraction of sp³-hybridized carbons (Fsp3) is 0.517. The number of hydrogen-bond donors (Lipinski definition) is 1. The van der Waals surface area contributed by atoms with E-state index >= 15 is 0 Å². The van der Waals surface area contributed by atoms with Crippen LogP contribution in [0.4, 0.5) is 26.3 Å². The van der Waals surface area contributed by atoms with Gasteiger partial charge in [0, 0.05) is 38.5 Å². The Morgan fingerprint density at radius 2 is 1.75 bits per heavy atom. The van der Waals surface area contributed by atoms with Gasteiger partial charge >= 0.3 is 12.4 Å². The highest BCUT2D eigenvalue weighted by molar-refractivity contribution is 6.03. The molecule has 1 aromatic carbocycles. The SMILES string of the molecule is CN1C=C2CC=CC(CN(Cc3cc(C(F)(F)F)cc(C(F)(F)F)c3)C(=O)C3(CC4CC4)CCNC3)=C2C(=O)C1. The second-order valence-electron chi connectivity index (χ2n) is 11.4. The van der Waals surface area contributed by atoms with Gasteiger partial charge in [0.2, 0.25) is 5.91 Å². The van der Waals surface area contributed by atoms with Gasteiger partial charge in [0.15, 0.2) is 5.78 Å². The van der Waals surface area contributed by atoms with E-state index in [0.29, 0.717) is 61.5 Å². The number of Topliss-reactive ketones (excluding diaryl/α,β-unsaturated/α-hetero) is 1. The van der Waals surface area contributed by atoms with E-state index in [1.165, 1.54) is 4.90 Å². The van der Waals surface area contributed by atoms with Gasteiger partial charge in [-0.15, -0.1) is 0 Å². The molecule has 1 saturated carbocycles. The first kappa shape index (κ1) is 28.4. The van der Waals surface area contributed by atoms with E-state index in [0.717, 1.165) is 18.4 Å². The van der Waals surface area contributed by atoms with Gasteiger partial charge in [-0.2, -0.15) is 26.3 Å². The van der Waals surface area contributed by atoms with Crippen molar-refractivity contribution in [1.82, 2.24) is 15.1 Å². The molecule has 4 aliphatic rings. The van der Waals surface area contributed by atoms with E-state index in [1.54, 1.807) is 18.0 Å². The lowest BCUT2D eigenvalue weighted by molar-refractivity contribution is -0.143. The maximum absolute atomic E-state index is 14.3. The highest BCUT2D eigenvalue weighted by Gasteiger charge is 2.47. The number of benzene rings is 1. The summed E-state index contributed by atoms with van der Waals surface area (Å²) >= 11 is 0. The van der Waals surface area contributed by atoms with Crippen LogP contribution in [0, 0.1) is 11.3 Å². The summed E-state index contributed by atoms with van der Waals surface area (Å²) in [6, 6.07) is 1.45. The van der Waals surface area contributed by atoms with E-state index in [1.807, 2.05) is 12.3 Å². The number of fused-ring (bicyclic) bond motifs is 1. The van der Waals surface area contributed by atoms with Crippen molar-refractivity contribution in [2.75, 3.05) is 33.2 Å². The summed E-state index contributed by atoms with van der Waals surface area (Å²) < 4.78 is 81.6. The molecule has 1 aromatic rings. The van der Waals surface area contributed by atoms with Crippen LogP contribution in [0.15, 0.2) is 53.3 Å². The first-order valence-electron chi connectivity index (χ1n) is 13.4. The van der Waals surface area contributed by atoms with Crippen LogP contribution in [0.25, 0.3) is 0 Å². The van der Waals surface area contributed by atoms with Crippen LogP contribution in [0.3, 0.4) is 0 Å². The van der Waals surface area contributed by atoms with E-state index in [2.05, 4.69) is 5.32 Å². The number of nitrogens with zero attached hydrogens (tertiary/aromatic N) is 2. The van der Waals surface area contributed by atoms with Crippen molar-refractivity contribution in [2.45, 2.75) is 51.0 Å². The highest BCUT2D eigenvalue weighted by atomic mass is 19.4. The molecular formula is C29H31F6N3O2. The summed E-state index contributed by atoms with van der Waals surface area (Å²) in [7, 11) is 1.77. The van der Waals surface area contributed by atoms with Gasteiger partial charge in [-0.25, -0.2) is 0 Å². The van der Waals surface area contributed by atoms with Crippen molar-refractivity contribution in [3.63, 3.8) is 0 Å². The van der Waals surface area contributed by atoms with Crippen molar-refractivity contribution >= 4 is 11.7 Å². The van der Waals surface area contributed by atoms with Crippen LogP contribution in [0.5, 0.6) is 0 Å². The number of ketones is 1. The van der Waals surface area contributed by atoms with Gasteiger partial charge in [0.1, 0.15) is 0 Å². The highest BCUT2D eigenvalue weighted by Crippen LogP contribution is 2.45. The summed E-state index contributed by atoms with van der Waals surface area (Å²) in [6.45, 7) is 0.588. The summed E-state index contributed by atoms with van der Waals surface area (Å²) in [6.07, 6.45) is -0.904. The summed E-state index contributed by atoms with van der Waals surface area (Å²) in [4.78, 5) is 30.4. The maximum Gasteiger partial charge on any atom is 0.416 e. The number of carbonyl (C=O) groups excluding carboxylic acids is 2. The van der Waals surface area contributed by atoms with E-state index in [9.17, 15) is 35.9 Å². The Balaban J connectivity index is 1.56. The van der Waals surface area contributed by atoms with Gasteiger partial charge in [-0.1, -0.05) is 25.0 Å². The maximum atomic E-state index is 14.3. The molecule has 1 unspecified atom stereocenters. The lowest BCUT2D eigenvalue weighted by Gasteiger charge is -2.36. The number of amides is 1. The Kier molecular flexibility index (Phi) is 7.39. The third kappa shape index (κ3) is 5.99. The number of nitrogens with one attached hydrogen (secondary N) is 1. The van der Waals surface area contributed by atoms with Gasteiger partial charge in [0.05, 0.1) is 23.1 Å². The second kappa shape index (κ2) is 10.4. The second-order valence-corrected chi connectivity index (χ2v) is 11.4.